The second-order valence-corrected chi connectivity index (χ2v) is 3.86. The smallest absolute Gasteiger partial charge is 0.290 e. The second-order valence-electron chi connectivity index (χ2n) is 3.86. The van der Waals surface area contributed by atoms with Crippen molar-refractivity contribution in [2.45, 2.75) is 25.9 Å². The Kier molecular flexibility index (Phi) is 2.36. The van der Waals surface area contributed by atoms with Crippen molar-refractivity contribution in [1.29, 1.82) is 0 Å². The van der Waals surface area contributed by atoms with Gasteiger partial charge in [-0.25, -0.2) is 9.97 Å². The van der Waals surface area contributed by atoms with Gasteiger partial charge in [-0.05, 0) is 5.92 Å². The summed E-state index contributed by atoms with van der Waals surface area (Å²) in [5, 5.41) is 0. The summed E-state index contributed by atoms with van der Waals surface area (Å²) in [6.45, 7) is 3.86. The summed E-state index contributed by atoms with van der Waals surface area (Å²) in [6.07, 6.45) is -1.60. The van der Waals surface area contributed by atoms with E-state index in [1.54, 1.807) is 6.20 Å². The maximum absolute atomic E-state index is 12.4. The van der Waals surface area contributed by atoms with E-state index in [2.05, 4.69) is 9.97 Å². The average molecular weight is 229 g/mol. The van der Waals surface area contributed by atoms with Gasteiger partial charge in [-0.15, -0.1) is 0 Å². The van der Waals surface area contributed by atoms with Crippen LogP contribution in [0, 0.1) is 0 Å². The van der Waals surface area contributed by atoms with Crippen LogP contribution in [0.1, 0.15) is 31.2 Å². The number of aromatic nitrogens is 3. The zero-order valence-electron chi connectivity index (χ0n) is 8.78. The predicted molar refractivity (Wildman–Crippen MR) is 52.1 cm³/mol. The summed E-state index contributed by atoms with van der Waals surface area (Å²) in [6, 6.07) is 0.950. The van der Waals surface area contributed by atoms with Gasteiger partial charge in [0.05, 0.1) is 5.69 Å². The highest BCUT2D eigenvalue weighted by Crippen LogP contribution is 2.28. The van der Waals surface area contributed by atoms with E-state index < -0.39 is 11.9 Å². The van der Waals surface area contributed by atoms with Crippen molar-refractivity contribution in [1.82, 2.24) is 14.4 Å². The molecule has 86 valence electrons. The Balaban J connectivity index is 2.54. The Hall–Kier alpha value is -1.59. The zero-order valence-corrected chi connectivity index (χ0v) is 8.78. The van der Waals surface area contributed by atoms with Crippen molar-refractivity contribution in [3.05, 3.63) is 30.0 Å². The van der Waals surface area contributed by atoms with Gasteiger partial charge in [-0.1, -0.05) is 13.8 Å². The molecule has 0 radical (unpaired) electrons. The number of rotatable bonds is 1. The lowest BCUT2D eigenvalue weighted by Crippen LogP contribution is -2.08. The number of fused-ring (bicyclic) bond motifs is 1. The summed E-state index contributed by atoms with van der Waals surface area (Å²) in [4.78, 5) is 7.46. The molecule has 0 N–H and O–H groups in total. The van der Waals surface area contributed by atoms with E-state index in [4.69, 9.17) is 0 Å². The van der Waals surface area contributed by atoms with Gasteiger partial charge < -0.3 is 0 Å². The molecule has 2 aromatic heterocycles. The molecule has 0 bridgehead atoms. The van der Waals surface area contributed by atoms with Crippen LogP contribution >= 0.6 is 0 Å². The van der Waals surface area contributed by atoms with Crippen LogP contribution < -0.4 is 0 Å². The number of alkyl halides is 3. The van der Waals surface area contributed by atoms with Crippen molar-refractivity contribution in [3.63, 3.8) is 0 Å². The third-order valence-corrected chi connectivity index (χ3v) is 2.25. The lowest BCUT2D eigenvalue weighted by molar-refractivity contribution is -0.141. The van der Waals surface area contributed by atoms with Gasteiger partial charge in [0.15, 0.2) is 0 Å². The van der Waals surface area contributed by atoms with Crippen molar-refractivity contribution in [3.8, 4) is 0 Å². The van der Waals surface area contributed by atoms with Crippen LogP contribution in [0.25, 0.3) is 5.65 Å². The highest BCUT2D eigenvalue weighted by Gasteiger charge is 2.32. The van der Waals surface area contributed by atoms with Gasteiger partial charge in [0.25, 0.3) is 0 Å². The summed E-state index contributed by atoms with van der Waals surface area (Å²) < 4.78 is 38.6. The standard InChI is InChI=1S/C10H10F3N3/c1-6(2)7-4-16-5-14-8(10(11,12)13)3-9(16)15-7/h3-6H,1-2H3. The summed E-state index contributed by atoms with van der Waals surface area (Å²) in [5.41, 5.74) is 0.105. The molecule has 0 spiro atoms. The number of imidazole rings is 1. The molecule has 0 aliphatic heterocycles. The monoisotopic (exact) mass is 229 g/mol. The Morgan fingerprint density at radius 1 is 1.31 bits per heavy atom. The van der Waals surface area contributed by atoms with Crippen LogP contribution in [-0.4, -0.2) is 14.4 Å². The first kappa shape index (κ1) is 10.9. The predicted octanol–water partition coefficient (Wildman–Crippen LogP) is 2.87. The minimum absolute atomic E-state index is 0.175. The summed E-state index contributed by atoms with van der Waals surface area (Å²) in [7, 11) is 0. The Morgan fingerprint density at radius 2 is 2.00 bits per heavy atom. The SMILES string of the molecule is CC(C)c1cn2cnc(C(F)(F)F)cc2n1. The molecule has 2 aromatic rings. The van der Waals surface area contributed by atoms with Crippen LogP contribution in [0.5, 0.6) is 0 Å². The van der Waals surface area contributed by atoms with Gasteiger partial charge in [0.2, 0.25) is 0 Å². The number of hydrogen-bond donors (Lipinski definition) is 0. The average Bonchev–Trinajstić information content (AvgIpc) is 2.58. The van der Waals surface area contributed by atoms with Gasteiger partial charge in [-0.3, -0.25) is 4.40 Å². The molecule has 0 amide bonds. The molecule has 2 heterocycles. The largest absolute Gasteiger partial charge is 0.433 e. The third kappa shape index (κ3) is 1.87. The van der Waals surface area contributed by atoms with E-state index in [0.29, 0.717) is 0 Å². The molecule has 6 heteroatoms. The number of halogens is 3. The fourth-order valence-corrected chi connectivity index (χ4v) is 1.34. The molecule has 0 fully saturated rings. The molecular formula is C10H10F3N3. The Morgan fingerprint density at radius 3 is 2.56 bits per heavy atom. The van der Waals surface area contributed by atoms with E-state index in [0.717, 1.165) is 18.1 Å². The van der Waals surface area contributed by atoms with Gasteiger partial charge in [-0.2, -0.15) is 13.2 Å². The van der Waals surface area contributed by atoms with Crippen LogP contribution in [0.4, 0.5) is 13.2 Å². The number of nitrogens with zero attached hydrogens (tertiary/aromatic N) is 3. The van der Waals surface area contributed by atoms with Crippen LogP contribution in [-0.2, 0) is 6.18 Å². The Labute approximate surface area is 89.9 Å². The normalized spacial score (nSPS) is 12.6. The van der Waals surface area contributed by atoms with Crippen molar-refractivity contribution >= 4 is 5.65 Å². The summed E-state index contributed by atoms with van der Waals surface area (Å²) in [5.74, 6) is 0.175. The molecule has 0 aliphatic carbocycles. The fraction of sp³-hybridized carbons (Fsp3) is 0.400. The Bertz CT molecular complexity index is 513. The van der Waals surface area contributed by atoms with Crippen molar-refractivity contribution < 1.29 is 13.2 Å². The van der Waals surface area contributed by atoms with E-state index >= 15 is 0 Å². The first-order chi connectivity index (χ1) is 7.38. The highest BCUT2D eigenvalue weighted by atomic mass is 19.4. The second kappa shape index (κ2) is 3.47. The molecule has 0 unspecified atom stereocenters. The molecule has 16 heavy (non-hydrogen) atoms. The van der Waals surface area contributed by atoms with Gasteiger partial charge in [0, 0.05) is 12.3 Å². The first-order valence-electron chi connectivity index (χ1n) is 4.80. The fourth-order valence-electron chi connectivity index (χ4n) is 1.34. The van der Waals surface area contributed by atoms with E-state index in [1.165, 1.54) is 4.40 Å². The maximum atomic E-state index is 12.4. The van der Waals surface area contributed by atoms with E-state index in [9.17, 15) is 13.2 Å². The quantitative estimate of drug-likeness (QED) is 0.752. The highest BCUT2D eigenvalue weighted by molar-refractivity contribution is 5.41. The molecule has 3 nitrogen and oxygen atoms in total. The minimum atomic E-state index is -4.42. The lowest BCUT2D eigenvalue weighted by Gasteiger charge is -2.04. The topological polar surface area (TPSA) is 30.2 Å². The van der Waals surface area contributed by atoms with Crippen molar-refractivity contribution in [2.24, 2.45) is 0 Å². The molecule has 0 atom stereocenters. The van der Waals surface area contributed by atoms with E-state index in [1.807, 2.05) is 13.8 Å². The van der Waals surface area contributed by atoms with Crippen LogP contribution in [0.15, 0.2) is 18.6 Å². The van der Waals surface area contributed by atoms with Crippen LogP contribution in [0.3, 0.4) is 0 Å². The summed E-state index contributed by atoms with van der Waals surface area (Å²) >= 11 is 0. The van der Waals surface area contributed by atoms with Gasteiger partial charge >= 0.3 is 6.18 Å². The first-order valence-corrected chi connectivity index (χ1v) is 4.80. The zero-order chi connectivity index (χ0) is 11.9. The lowest BCUT2D eigenvalue weighted by atomic mass is 10.2. The van der Waals surface area contributed by atoms with Crippen molar-refractivity contribution in [2.75, 3.05) is 0 Å². The third-order valence-electron chi connectivity index (χ3n) is 2.25. The molecular weight excluding hydrogens is 219 g/mol. The molecule has 0 aromatic carbocycles. The molecule has 0 aliphatic rings. The molecule has 0 saturated carbocycles. The number of hydrogen-bond acceptors (Lipinski definition) is 2. The minimum Gasteiger partial charge on any atom is -0.290 e. The maximum Gasteiger partial charge on any atom is 0.433 e. The van der Waals surface area contributed by atoms with Crippen LogP contribution in [0.2, 0.25) is 0 Å². The van der Waals surface area contributed by atoms with E-state index in [-0.39, 0.29) is 11.6 Å². The van der Waals surface area contributed by atoms with Gasteiger partial charge in [0.1, 0.15) is 17.7 Å². The molecule has 2 rings (SSSR count). The molecule has 0 saturated heterocycles.